The summed E-state index contributed by atoms with van der Waals surface area (Å²) in [6.07, 6.45) is -11.0. The van der Waals surface area contributed by atoms with Crippen molar-refractivity contribution in [1.82, 2.24) is 15.3 Å². The molecule has 1 saturated carbocycles. The number of benzene rings is 2. The molecule has 1 fully saturated rings. The van der Waals surface area contributed by atoms with Crippen LogP contribution >= 0.6 is 0 Å². The van der Waals surface area contributed by atoms with Gasteiger partial charge < -0.3 is 19.9 Å². The normalized spacial score (nSPS) is 18.8. The van der Waals surface area contributed by atoms with Gasteiger partial charge in [-0.05, 0) is 56.2 Å². The van der Waals surface area contributed by atoms with Gasteiger partial charge in [-0.2, -0.15) is 31.6 Å². The molecule has 2 aliphatic rings. The number of alkyl halides is 8. The number of nitrogens with zero attached hydrogens (tertiary/aromatic N) is 3. The molecule has 8 nitrogen and oxygen atoms in total. The summed E-state index contributed by atoms with van der Waals surface area (Å²) in [5.41, 5.74) is -8.70. The fourth-order valence-electron chi connectivity index (χ4n) is 5.29. The average molecular weight is 693 g/mol. The summed E-state index contributed by atoms with van der Waals surface area (Å²) in [7, 11) is 0. The van der Waals surface area contributed by atoms with Crippen LogP contribution in [0, 0.1) is 11.3 Å². The van der Waals surface area contributed by atoms with Crippen molar-refractivity contribution in [3.63, 3.8) is 0 Å². The Morgan fingerprint density at radius 2 is 1.82 bits per heavy atom. The number of amides is 1. The van der Waals surface area contributed by atoms with Crippen LogP contribution in [0.4, 0.5) is 35.1 Å². The first-order valence-corrected chi connectivity index (χ1v) is 14.7. The summed E-state index contributed by atoms with van der Waals surface area (Å²) in [5, 5.41) is 23.2. The van der Waals surface area contributed by atoms with E-state index in [-0.39, 0.29) is 57.5 Å². The number of rotatable bonds is 8. The third-order valence-electron chi connectivity index (χ3n) is 8.30. The Morgan fingerprint density at radius 3 is 2.41 bits per heavy atom. The molecule has 0 bridgehead atoms. The Morgan fingerprint density at radius 1 is 1.12 bits per heavy atom. The standard InChI is InChI=1S/C33H24F8N4O4/c1-30(13-42)15-48-27-22(30)11-24(45-26(27)16-2-4-20(5-3-16)32(36,37)38)31(47,33(39,40)41)14-44-29(46)18-8-17-9-19(28(34)35)12-43-25(17)23(10-18)49-21-6-7-21/h2-5,8-12,21,28,47H,6-7,14-15H2,1H3,(H,44,46). The highest BCUT2D eigenvalue weighted by atomic mass is 19.4. The summed E-state index contributed by atoms with van der Waals surface area (Å²) in [6, 6.07) is 9.47. The number of ether oxygens (including phenoxy) is 2. The minimum atomic E-state index is -5.50. The first-order chi connectivity index (χ1) is 22.9. The van der Waals surface area contributed by atoms with E-state index in [9.17, 15) is 50.3 Å². The Labute approximate surface area is 272 Å². The fourth-order valence-corrected chi connectivity index (χ4v) is 5.29. The van der Waals surface area contributed by atoms with E-state index in [1.807, 2.05) is 11.4 Å². The van der Waals surface area contributed by atoms with Crippen LogP contribution < -0.4 is 14.8 Å². The zero-order chi connectivity index (χ0) is 35.5. The molecule has 0 saturated heterocycles. The monoisotopic (exact) mass is 692 g/mol. The Bertz CT molecular complexity index is 1990. The van der Waals surface area contributed by atoms with Crippen molar-refractivity contribution in [1.29, 1.82) is 5.26 Å². The number of hydrogen-bond donors (Lipinski definition) is 2. The fraction of sp³-hybridized carbons (Fsp3) is 0.333. The van der Waals surface area contributed by atoms with Gasteiger partial charge in [0.05, 0.1) is 30.0 Å². The molecule has 2 atom stereocenters. The quantitative estimate of drug-likeness (QED) is 0.189. The molecule has 16 heteroatoms. The lowest BCUT2D eigenvalue weighted by molar-refractivity contribution is -0.265. The van der Waals surface area contributed by atoms with Gasteiger partial charge in [-0.15, -0.1) is 0 Å². The maximum absolute atomic E-state index is 14.8. The number of nitrogens with one attached hydrogen (secondary N) is 1. The van der Waals surface area contributed by atoms with Crippen LogP contribution in [0.15, 0.2) is 54.7 Å². The molecule has 2 aromatic heterocycles. The van der Waals surface area contributed by atoms with Gasteiger partial charge in [0.1, 0.15) is 29.0 Å². The van der Waals surface area contributed by atoms with Crippen LogP contribution in [0.25, 0.3) is 22.2 Å². The minimum absolute atomic E-state index is 0.0503. The first kappa shape index (κ1) is 33.8. The molecule has 1 aliphatic carbocycles. The third kappa shape index (κ3) is 6.30. The van der Waals surface area contributed by atoms with Gasteiger partial charge in [-0.3, -0.25) is 9.78 Å². The highest BCUT2D eigenvalue weighted by Crippen LogP contribution is 2.48. The number of carbonyl (C=O) groups excluding carboxylic acids is 1. The van der Waals surface area contributed by atoms with Crippen LogP contribution in [0.5, 0.6) is 11.5 Å². The van der Waals surface area contributed by atoms with Crippen molar-refractivity contribution in [3.05, 3.63) is 82.7 Å². The smallest absolute Gasteiger partial charge is 0.424 e. The summed E-state index contributed by atoms with van der Waals surface area (Å²) >= 11 is 0. The van der Waals surface area contributed by atoms with Crippen LogP contribution in [0.2, 0.25) is 0 Å². The molecule has 2 aromatic carbocycles. The molecule has 0 spiro atoms. The lowest BCUT2D eigenvalue weighted by Gasteiger charge is -2.31. The molecular formula is C33H24F8N4O4. The Hall–Kier alpha value is -5.04. The number of hydrogen-bond acceptors (Lipinski definition) is 7. The first-order valence-electron chi connectivity index (χ1n) is 14.7. The zero-order valence-electron chi connectivity index (χ0n) is 25.2. The number of pyridine rings is 2. The molecule has 256 valence electrons. The second kappa shape index (κ2) is 11.8. The zero-order valence-corrected chi connectivity index (χ0v) is 25.2. The van der Waals surface area contributed by atoms with Crippen molar-refractivity contribution in [3.8, 4) is 28.8 Å². The maximum Gasteiger partial charge on any atom is 0.424 e. The van der Waals surface area contributed by atoms with E-state index in [1.54, 1.807) is 0 Å². The second-order valence-corrected chi connectivity index (χ2v) is 12.0. The van der Waals surface area contributed by atoms with E-state index in [0.717, 1.165) is 36.5 Å². The van der Waals surface area contributed by atoms with E-state index in [1.165, 1.54) is 13.0 Å². The summed E-state index contributed by atoms with van der Waals surface area (Å²) in [6.45, 7) is -0.471. The van der Waals surface area contributed by atoms with Gasteiger partial charge in [0.25, 0.3) is 12.3 Å². The van der Waals surface area contributed by atoms with Gasteiger partial charge >= 0.3 is 12.4 Å². The van der Waals surface area contributed by atoms with E-state index < -0.39 is 59.1 Å². The molecule has 49 heavy (non-hydrogen) atoms. The Kier molecular flexibility index (Phi) is 8.17. The van der Waals surface area contributed by atoms with E-state index >= 15 is 0 Å². The van der Waals surface area contributed by atoms with Gasteiger partial charge in [0, 0.05) is 33.8 Å². The van der Waals surface area contributed by atoms with Crippen LogP contribution in [-0.2, 0) is 17.2 Å². The maximum atomic E-state index is 14.8. The molecular weight excluding hydrogens is 668 g/mol. The second-order valence-electron chi connectivity index (χ2n) is 12.0. The predicted molar refractivity (Wildman–Crippen MR) is 156 cm³/mol. The number of aliphatic hydroxyl groups is 1. The number of carbonyl (C=O) groups is 1. The lowest BCUT2D eigenvalue weighted by Crippen LogP contribution is -2.51. The molecule has 6 rings (SSSR count). The highest BCUT2D eigenvalue weighted by Gasteiger charge is 2.57. The van der Waals surface area contributed by atoms with Crippen molar-refractivity contribution in [2.75, 3.05) is 13.2 Å². The average Bonchev–Trinajstić information content (AvgIpc) is 3.81. The van der Waals surface area contributed by atoms with Gasteiger partial charge in [-0.1, -0.05) is 12.1 Å². The van der Waals surface area contributed by atoms with Gasteiger partial charge in [0.15, 0.2) is 5.75 Å². The van der Waals surface area contributed by atoms with E-state index in [0.29, 0.717) is 25.0 Å². The number of fused-ring (bicyclic) bond motifs is 2. The molecule has 2 N–H and O–H groups in total. The molecule has 1 aliphatic heterocycles. The van der Waals surface area contributed by atoms with Crippen molar-refractivity contribution < 1.29 is 54.5 Å². The lowest BCUT2D eigenvalue weighted by atomic mass is 9.83. The number of aromatic nitrogens is 2. The topological polar surface area (TPSA) is 117 Å². The van der Waals surface area contributed by atoms with E-state index in [2.05, 4.69) is 9.97 Å². The van der Waals surface area contributed by atoms with E-state index in [4.69, 9.17) is 9.47 Å². The molecule has 1 amide bonds. The van der Waals surface area contributed by atoms with Crippen molar-refractivity contribution in [2.45, 2.75) is 55.7 Å². The SMILES string of the molecule is CC1(C#N)COc2c1cc(C(O)(CNC(=O)c1cc(OC3CC3)c3ncc(C(F)F)cc3c1)C(F)(F)F)nc2-c1ccc(C(F)(F)F)cc1. The molecule has 3 heterocycles. The van der Waals surface area contributed by atoms with Crippen molar-refractivity contribution >= 4 is 16.8 Å². The summed E-state index contributed by atoms with van der Waals surface area (Å²) in [5.74, 6) is -1.24. The molecule has 2 unspecified atom stereocenters. The third-order valence-corrected chi connectivity index (χ3v) is 8.30. The Balaban J connectivity index is 1.40. The summed E-state index contributed by atoms with van der Waals surface area (Å²) in [4.78, 5) is 21.3. The highest BCUT2D eigenvalue weighted by molar-refractivity contribution is 6.00. The predicted octanol–water partition coefficient (Wildman–Crippen LogP) is 7.15. The van der Waals surface area contributed by atoms with Gasteiger partial charge in [0.2, 0.25) is 5.60 Å². The summed E-state index contributed by atoms with van der Waals surface area (Å²) < 4.78 is 122. The largest absolute Gasteiger partial charge is 0.489 e. The van der Waals surface area contributed by atoms with Crippen LogP contribution in [0.3, 0.4) is 0 Å². The van der Waals surface area contributed by atoms with Crippen molar-refractivity contribution in [2.24, 2.45) is 0 Å². The molecule has 4 aromatic rings. The van der Waals surface area contributed by atoms with Crippen LogP contribution in [0.1, 0.15) is 58.9 Å². The van der Waals surface area contributed by atoms with Gasteiger partial charge in [-0.25, -0.2) is 13.8 Å². The minimum Gasteiger partial charge on any atom is -0.489 e. The molecule has 0 radical (unpaired) electrons. The number of nitriles is 1. The number of halogens is 8. The van der Waals surface area contributed by atoms with Crippen LogP contribution in [-0.4, -0.2) is 46.4 Å².